The fourth-order valence-corrected chi connectivity index (χ4v) is 1.34. The lowest BCUT2D eigenvalue weighted by atomic mass is 10.0. The number of Topliss-reactive ketones (excluding diaryl/α,β-unsaturated/α-hetero) is 1. The standard InChI is InChI=1S/C11H11NO2/c1-7-4-9(6-12)11(14-3)10(5-7)8(2)13/h4-5H,1-3H3. The number of carbonyl (C=O) groups is 1. The Labute approximate surface area is 82.9 Å². The van der Waals surface area contributed by atoms with E-state index in [0.717, 1.165) is 5.56 Å². The fraction of sp³-hybridized carbons (Fsp3) is 0.273. The molecule has 0 aliphatic carbocycles. The van der Waals surface area contributed by atoms with Crippen LogP contribution in [0.3, 0.4) is 0 Å². The highest BCUT2D eigenvalue weighted by atomic mass is 16.5. The normalized spacial score (nSPS) is 9.29. The maximum atomic E-state index is 11.3. The second-order valence-corrected chi connectivity index (χ2v) is 3.06. The topological polar surface area (TPSA) is 50.1 Å². The van der Waals surface area contributed by atoms with Crippen LogP contribution in [0.1, 0.15) is 28.4 Å². The Balaban J connectivity index is 3.49. The lowest BCUT2D eigenvalue weighted by Crippen LogP contribution is -2.00. The summed E-state index contributed by atoms with van der Waals surface area (Å²) in [6.07, 6.45) is 0. The quantitative estimate of drug-likeness (QED) is 0.669. The molecule has 0 amide bonds. The minimum Gasteiger partial charge on any atom is -0.495 e. The molecule has 0 bridgehead atoms. The summed E-state index contributed by atoms with van der Waals surface area (Å²) in [6.45, 7) is 3.30. The molecule has 0 unspecified atom stereocenters. The van der Waals surface area contributed by atoms with E-state index in [2.05, 4.69) is 0 Å². The molecule has 0 spiro atoms. The van der Waals surface area contributed by atoms with Crippen LogP contribution in [0.4, 0.5) is 0 Å². The van der Waals surface area contributed by atoms with Crippen LogP contribution in [0.2, 0.25) is 0 Å². The number of benzene rings is 1. The molecule has 1 rings (SSSR count). The van der Waals surface area contributed by atoms with Crippen molar-refractivity contribution in [1.82, 2.24) is 0 Å². The van der Waals surface area contributed by atoms with Crippen LogP contribution in [-0.4, -0.2) is 12.9 Å². The van der Waals surface area contributed by atoms with Crippen LogP contribution >= 0.6 is 0 Å². The largest absolute Gasteiger partial charge is 0.495 e. The first-order chi connectivity index (χ1) is 6.60. The van der Waals surface area contributed by atoms with E-state index in [1.54, 1.807) is 12.1 Å². The van der Waals surface area contributed by atoms with Gasteiger partial charge in [0.05, 0.1) is 18.2 Å². The van der Waals surface area contributed by atoms with Crippen molar-refractivity contribution in [3.8, 4) is 11.8 Å². The van der Waals surface area contributed by atoms with Crippen LogP contribution in [0, 0.1) is 18.3 Å². The first kappa shape index (κ1) is 10.3. The van der Waals surface area contributed by atoms with Crippen molar-refractivity contribution in [3.63, 3.8) is 0 Å². The van der Waals surface area contributed by atoms with Crippen molar-refractivity contribution in [2.45, 2.75) is 13.8 Å². The van der Waals surface area contributed by atoms with Gasteiger partial charge in [0, 0.05) is 0 Å². The number of methoxy groups -OCH3 is 1. The number of aryl methyl sites for hydroxylation is 1. The molecular weight excluding hydrogens is 178 g/mol. The molecule has 1 aromatic rings. The molecule has 0 atom stereocenters. The Bertz CT molecular complexity index is 416. The Kier molecular flexibility index (Phi) is 2.88. The lowest BCUT2D eigenvalue weighted by Gasteiger charge is -2.08. The minimum atomic E-state index is -0.0953. The summed E-state index contributed by atoms with van der Waals surface area (Å²) in [7, 11) is 1.46. The Hall–Kier alpha value is -1.82. The summed E-state index contributed by atoms with van der Waals surface area (Å²) in [5, 5.41) is 8.84. The summed E-state index contributed by atoms with van der Waals surface area (Å²) >= 11 is 0. The monoisotopic (exact) mass is 189 g/mol. The molecule has 0 aliphatic heterocycles. The van der Waals surface area contributed by atoms with Gasteiger partial charge in [-0.25, -0.2) is 0 Å². The van der Waals surface area contributed by atoms with Gasteiger partial charge in [-0.05, 0) is 31.5 Å². The van der Waals surface area contributed by atoms with Crippen LogP contribution in [-0.2, 0) is 0 Å². The number of nitriles is 1. The molecule has 0 N–H and O–H groups in total. The molecule has 0 aromatic heterocycles. The molecule has 0 radical (unpaired) electrons. The summed E-state index contributed by atoms with van der Waals surface area (Å²) in [5.74, 6) is 0.271. The molecular formula is C11H11NO2. The summed E-state index contributed by atoms with van der Waals surface area (Å²) < 4.78 is 5.04. The van der Waals surface area contributed by atoms with E-state index in [1.807, 2.05) is 13.0 Å². The van der Waals surface area contributed by atoms with Crippen molar-refractivity contribution in [2.24, 2.45) is 0 Å². The molecule has 3 heteroatoms. The zero-order valence-electron chi connectivity index (χ0n) is 8.42. The van der Waals surface area contributed by atoms with Gasteiger partial charge in [0.1, 0.15) is 11.8 Å². The Morgan fingerprint density at radius 1 is 1.50 bits per heavy atom. The molecule has 0 fully saturated rings. The van der Waals surface area contributed by atoms with Crippen LogP contribution < -0.4 is 4.74 Å². The molecule has 1 aromatic carbocycles. The van der Waals surface area contributed by atoms with Crippen molar-refractivity contribution in [2.75, 3.05) is 7.11 Å². The van der Waals surface area contributed by atoms with E-state index in [9.17, 15) is 4.79 Å². The molecule has 0 saturated carbocycles. The fourth-order valence-electron chi connectivity index (χ4n) is 1.34. The summed E-state index contributed by atoms with van der Waals surface area (Å²) in [6, 6.07) is 5.43. The maximum absolute atomic E-state index is 11.3. The SMILES string of the molecule is COc1c(C#N)cc(C)cc1C(C)=O. The second-order valence-electron chi connectivity index (χ2n) is 3.06. The molecule has 0 aliphatic rings. The maximum Gasteiger partial charge on any atom is 0.163 e. The average Bonchev–Trinajstić information content (AvgIpc) is 2.16. The van der Waals surface area contributed by atoms with Crippen molar-refractivity contribution in [3.05, 3.63) is 28.8 Å². The highest BCUT2D eigenvalue weighted by Crippen LogP contribution is 2.25. The Morgan fingerprint density at radius 3 is 2.57 bits per heavy atom. The number of nitrogens with zero attached hydrogens (tertiary/aromatic N) is 1. The van der Waals surface area contributed by atoms with E-state index in [0.29, 0.717) is 16.9 Å². The van der Waals surface area contributed by atoms with Gasteiger partial charge in [-0.15, -0.1) is 0 Å². The van der Waals surface area contributed by atoms with Gasteiger partial charge < -0.3 is 4.74 Å². The molecule has 0 saturated heterocycles. The molecule has 72 valence electrons. The van der Waals surface area contributed by atoms with E-state index in [4.69, 9.17) is 10.00 Å². The zero-order chi connectivity index (χ0) is 10.7. The number of rotatable bonds is 2. The lowest BCUT2D eigenvalue weighted by molar-refractivity contribution is 0.101. The number of ether oxygens (including phenoxy) is 1. The smallest absolute Gasteiger partial charge is 0.163 e. The van der Waals surface area contributed by atoms with Gasteiger partial charge in [-0.1, -0.05) is 0 Å². The number of carbonyl (C=O) groups excluding carboxylic acids is 1. The number of hydrogen-bond acceptors (Lipinski definition) is 3. The Morgan fingerprint density at radius 2 is 2.14 bits per heavy atom. The molecule has 3 nitrogen and oxygen atoms in total. The molecule has 14 heavy (non-hydrogen) atoms. The van der Waals surface area contributed by atoms with Gasteiger partial charge in [0.25, 0.3) is 0 Å². The predicted octanol–water partition coefficient (Wildman–Crippen LogP) is 2.08. The average molecular weight is 189 g/mol. The van der Waals surface area contributed by atoms with Crippen LogP contribution in [0.5, 0.6) is 5.75 Å². The van der Waals surface area contributed by atoms with E-state index in [1.165, 1.54) is 14.0 Å². The minimum absolute atomic E-state index is 0.0953. The van der Waals surface area contributed by atoms with Crippen LogP contribution in [0.15, 0.2) is 12.1 Å². The first-order valence-electron chi connectivity index (χ1n) is 4.19. The second kappa shape index (κ2) is 3.93. The van der Waals surface area contributed by atoms with E-state index >= 15 is 0 Å². The van der Waals surface area contributed by atoms with Crippen LogP contribution in [0.25, 0.3) is 0 Å². The van der Waals surface area contributed by atoms with Crippen molar-refractivity contribution in [1.29, 1.82) is 5.26 Å². The van der Waals surface area contributed by atoms with Crippen molar-refractivity contribution < 1.29 is 9.53 Å². The third-order valence-electron chi connectivity index (χ3n) is 1.94. The van der Waals surface area contributed by atoms with Gasteiger partial charge in [-0.3, -0.25) is 4.79 Å². The van der Waals surface area contributed by atoms with Gasteiger partial charge >= 0.3 is 0 Å². The third-order valence-corrected chi connectivity index (χ3v) is 1.94. The molecule has 0 heterocycles. The van der Waals surface area contributed by atoms with Gasteiger partial charge in [-0.2, -0.15) is 5.26 Å². The van der Waals surface area contributed by atoms with Gasteiger partial charge in [0.2, 0.25) is 0 Å². The summed E-state index contributed by atoms with van der Waals surface area (Å²) in [5.41, 5.74) is 1.74. The van der Waals surface area contributed by atoms with Crippen molar-refractivity contribution >= 4 is 5.78 Å². The highest BCUT2D eigenvalue weighted by molar-refractivity contribution is 5.97. The summed E-state index contributed by atoms with van der Waals surface area (Å²) in [4.78, 5) is 11.3. The highest BCUT2D eigenvalue weighted by Gasteiger charge is 2.13. The third kappa shape index (κ3) is 1.74. The van der Waals surface area contributed by atoms with E-state index < -0.39 is 0 Å². The van der Waals surface area contributed by atoms with Gasteiger partial charge in [0.15, 0.2) is 5.78 Å². The zero-order valence-corrected chi connectivity index (χ0v) is 8.42. The predicted molar refractivity (Wildman–Crippen MR) is 52.5 cm³/mol. The number of hydrogen-bond donors (Lipinski definition) is 0. The number of ketones is 1. The van der Waals surface area contributed by atoms with E-state index in [-0.39, 0.29) is 5.78 Å². The first-order valence-corrected chi connectivity index (χ1v) is 4.19.